The number of ether oxygens (including phenoxy) is 1. The molecule has 1 aromatic heterocycles. The molecule has 0 aliphatic rings. The molecule has 22 heavy (non-hydrogen) atoms. The van der Waals surface area contributed by atoms with Crippen molar-refractivity contribution in [2.75, 3.05) is 7.11 Å². The van der Waals surface area contributed by atoms with Gasteiger partial charge in [0.2, 0.25) is 5.43 Å². The van der Waals surface area contributed by atoms with Gasteiger partial charge in [-0.2, -0.15) is 0 Å². The number of nitrogens with one attached hydrogen (secondary N) is 1. The number of methoxy groups -OCH3 is 1. The first-order valence-electron chi connectivity index (χ1n) is 6.61. The van der Waals surface area contributed by atoms with E-state index in [9.17, 15) is 9.59 Å². The van der Waals surface area contributed by atoms with Crippen LogP contribution in [-0.2, 0) is 4.74 Å². The van der Waals surface area contributed by atoms with Crippen LogP contribution < -0.4 is 5.43 Å². The van der Waals surface area contributed by atoms with Gasteiger partial charge in [0.15, 0.2) is 0 Å². The molecule has 0 saturated carbocycles. The molecule has 1 heterocycles. The van der Waals surface area contributed by atoms with Gasteiger partial charge in [-0.05, 0) is 23.8 Å². The van der Waals surface area contributed by atoms with E-state index >= 15 is 0 Å². The second-order valence-electron chi connectivity index (χ2n) is 4.75. The van der Waals surface area contributed by atoms with Gasteiger partial charge in [-0.15, -0.1) is 0 Å². The molecule has 0 fully saturated rings. The number of H-pyrrole nitrogens is 1. The number of hydrogen-bond donors (Lipinski definition) is 1. The molecule has 3 aromatic rings. The predicted octanol–water partition coefficient (Wildman–Crippen LogP) is 3.64. The smallest absolute Gasteiger partial charge is 0.344 e. The van der Waals surface area contributed by atoms with E-state index in [1.54, 1.807) is 18.2 Å². The number of aromatic nitrogens is 1. The van der Waals surface area contributed by atoms with Crippen LogP contribution in [0.5, 0.6) is 0 Å². The summed E-state index contributed by atoms with van der Waals surface area (Å²) in [6.07, 6.45) is 0. The Labute approximate surface area is 131 Å². The molecule has 3 rings (SSSR count). The molecule has 0 unspecified atom stereocenters. The number of hydrogen-bond acceptors (Lipinski definition) is 3. The van der Waals surface area contributed by atoms with Crippen LogP contribution in [0.25, 0.3) is 22.2 Å². The number of carbonyl (C=O) groups excluding carboxylic acids is 1. The minimum atomic E-state index is -0.669. The third-order valence-corrected chi connectivity index (χ3v) is 3.65. The van der Waals surface area contributed by atoms with Gasteiger partial charge in [0.1, 0.15) is 5.56 Å². The molecule has 0 atom stereocenters. The Morgan fingerprint density at radius 3 is 2.55 bits per heavy atom. The molecule has 1 N–H and O–H groups in total. The largest absolute Gasteiger partial charge is 0.465 e. The second kappa shape index (κ2) is 5.66. The fourth-order valence-electron chi connectivity index (χ4n) is 2.38. The van der Waals surface area contributed by atoms with Gasteiger partial charge in [-0.1, -0.05) is 41.9 Å². The molecule has 0 amide bonds. The molecule has 2 aromatic carbocycles. The topological polar surface area (TPSA) is 59.2 Å². The lowest BCUT2D eigenvalue weighted by Gasteiger charge is -2.10. The van der Waals surface area contributed by atoms with E-state index in [1.165, 1.54) is 7.11 Å². The summed E-state index contributed by atoms with van der Waals surface area (Å²) in [6, 6.07) is 14.0. The third-order valence-electron chi connectivity index (χ3n) is 3.41. The number of rotatable bonds is 2. The quantitative estimate of drug-likeness (QED) is 0.735. The van der Waals surface area contributed by atoms with E-state index in [2.05, 4.69) is 4.98 Å². The number of carbonyl (C=O) groups is 1. The lowest BCUT2D eigenvalue weighted by Crippen LogP contribution is -2.19. The standard InChI is InChI=1S/C17H12ClNO3/c1-22-17(21)14-15(10-5-3-2-4-6-10)19-13-9-11(18)7-8-12(13)16(14)20/h2-9H,1H3,(H,19,20). The first-order chi connectivity index (χ1) is 10.6. The van der Waals surface area contributed by atoms with Crippen LogP contribution in [0.2, 0.25) is 5.02 Å². The van der Waals surface area contributed by atoms with Crippen molar-refractivity contribution in [2.24, 2.45) is 0 Å². The Balaban J connectivity index is 2.43. The highest BCUT2D eigenvalue weighted by Gasteiger charge is 2.20. The summed E-state index contributed by atoms with van der Waals surface area (Å²) in [7, 11) is 1.25. The molecule has 5 heteroatoms. The lowest BCUT2D eigenvalue weighted by atomic mass is 10.0. The van der Waals surface area contributed by atoms with E-state index in [0.29, 0.717) is 21.6 Å². The van der Waals surface area contributed by atoms with Crippen molar-refractivity contribution in [1.29, 1.82) is 0 Å². The van der Waals surface area contributed by atoms with Crippen LogP contribution in [0.4, 0.5) is 0 Å². The number of esters is 1. The van der Waals surface area contributed by atoms with Crippen molar-refractivity contribution in [3.8, 4) is 11.3 Å². The first-order valence-corrected chi connectivity index (χ1v) is 6.99. The van der Waals surface area contributed by atoms with Gasteiger partial charge in [-0.25, -0.2) is 4.79 Å². The summed E-state index contributed by atoms with van der Waals surface area (Å²) >= 11 is 5.99. The number of fused-ring (bicyclic) bond motifs is 1. The summed E-state index contributed by atoms with van der Waals surface area (Å²) < 4.78 is 4.77. The molecular formula is C17H12ClNO3. The van der Waals surface area contributed by atoms with Gasteiger partial charge in [-0.3, -0.25) is 4.79 Å². The average molecular weight is 314 g/mol. The molecule has 0 aliphatic carbocycles. The van der Waals surface area contributed by atoms with Crippen LogP contribution >= 0.6 is 11.6 Å². The minimum Gasteiger partial charge on any atom is -0.465 e. The van der Waals surface area contributed by atoms with Gasteiger partial charge < -0.3 is 9.72 Å². The van der Waals surface area contributed by atoms with Crippen LogP contribution in [0.15, 0.2) is 53.3 Å². The molecule has 4 nitrogen and oxygen atoms in total. The van der Waals surface area contributed by atoms with Crippen LogP contribution in [0, 0.1) is 0 Å². The van der Waals surface area contributed by atoms with Crippen LogP contribution in [-0.4, -0.2) is 18.1 Å². The van der Waals surface area contributed by atoms with E-state index in [4.69, 9.17) is 16.3 Å². The zero-order valence-electron chi connectivity index (χ0n) is 11.7. The fourth-order valence-corrected chi connectivity index (χ4v) is 2.55. The molecule has 0 spiro atoms. The molecule has 0 saturated heterocycles. The fraction of sp³-hybridized carbons (Fsp3) is 0.0588. The Kier molecular flexibility index (Phi) is 3.69. The average Bonchev–Trinajstić information content (AvgIpc) is 2.54. The third kappa shape index (κ3) is 2.38. The van der Waals surface area contributed by atoms with E-state index in [0.717, 1.165) is 5.56 Å². The molecule has 0 radical (unpaired) electrons. The van der Waals surface area contributed by atoms with Crippen molar-refractivity contribution < 1.29 is 9.53 Å². The Hall–Kier alpha value is -2.59. The molecule has 110 valence electrons. The zero-order chi connectivity index (χ0) is 15.7. The van der Waals surface area contributed by atoms with Crippen LogP contribution in [0.3, 0.4) is 0 Å². The Morgan fingerprint density at radius 1 is 1.14 bits per heavy atom. The monoisotopic (exact) mass is 313 g/mol. The number of halogens is 1. The van der Waals surface area contributed by atoms with Crippen LogP contribution in [0.1, 0.15) is 10.4 Å². The highest BCUT2D eigenvalue weighted by atomic mass is 35.5. The van der Waals surface area contributed by atoms with Crippen molar-refractivity contribution >= 4 is 28.5 Å². The van der Waals surface area contributed by atoms with Crippen molar-refractivity contribution in [1.82, 2.24) is 4.98 Å². The summed E-state index contributed by atoms with van der Waals surface area (Å²) in [5.41, 5.74) is 1.33. The number of pyridine rings is 1. The second-order valence-corrected chi connectivity index (χ2v) is 5.19. The summed E-state index contributed by atoms with van der Waals surface area (Å²) in [4.78, 5) is 27.9. The summed E-state index contributed by atoms with van der Waals surface area (Å²) in [5, 5.41) is 0.900. The molecule has 0 aliphatic heterocycles. The molecular weight excluding hydrogens is 302 g/mol. The van der Waals surface area contributed by atoms with E-state index < -0.39 is 5.97 Å². The normalized spacial score (nSPS) is 10.6. The van der Waals surface area contributed by atoms with Gasteiger partial charge in [0.05, 0.1) is 18.3 Å². The minimum absolute atomic E-state index is 0.0106. The number of aromatic amines is 1. The zero-order valence-corrected chi connectivity index (χ0v) is 12.5. The maximum atomic E-state index is 12.7. The lowest BCUT2D eigenvalue weighted by molar-refractivity contribution is 0.0600. The van der Waals surface area contributed by atoms with Gasteiger partial charge >= 0.3 is 5.97 Å². The number of benzene rings is 2. The predicted molar refractivity (Wildman–Crippen MR) is 86.4 cm³/mol. The summed E-state index contributed by atoms with van der Waals surface area (Å²) in [6.45, 7) is 0. The van der Waals surface area contributed by atoms with E-state index in [-0.39, 0.29) is 11.0 Å². The SMILES string of the molecule is COC(=O)c1c(-c2ccccc2)[nH]c2cc(Cl)ccc2c1=O. The highest BCUT2D eigenvalue weighted by Crippen LogP contribution is 2.24. The van der Waals surface area contributed by atoms with Crippen molar-refractivity contribution in [3.05, 3.63) is 69.3 Å². The highest BCUT2D eigenvalue weighted by molar-refractivity contribution is 6.31. The Bertz CT molecular complexity index is 916. The molecule has 0 bridgehead atoms. The van der Waals surface area contributed by atoms with E-state index in [1.807, 2.05) is 30.3 Å². The maximum absolute atomic E-state index is 12.7. The maximum Gasteiger partial charge on any atom is 0.344 e. The van der Waals surface area contributed by atoms with Crippen molar-refractivity contribution in [2.45, 2.75) is 0 Å². The van der Waals surface area contributed by atoms with Crippen molar-refractivity contribution in [3.63, 3.8) is 0 Å². The first kappa shape index (κ1) is 14.4. The summed E-state index contributed by atoms with van der Waals surface area (Å²) in [5.74, 6) is -0.669. The van der Waals surface area contributed by atoms with Gasteiger partial charge in [0.25, 0.3) is 0 Å². The van der Waals surface area contributed by atoms with Gasteiger partial charge in [0, 0.05) is 10.4 Å². The Morgan fingerprint density at radius 2 is 1.86 bits per heavy atom.